The summed E-state index contributed by atoms with van der Waals surface area (Å²) >= 11 is 0. The van der Waals surface area contributed by atoms with Gasteiger partial charge in [0.15, 0.2) is 5.82 Å². The van der Waals surface area contributed by atoms with E-state index in [0.717, 1.165) is 12.8 Å². The lowest BCUT2D eigenvalue weighted by molar-refractivity contribution is -0.121. The molecule has 0 saturated carbocycles. The number of terminal acetylenes is 1. The van der Waals surface area contributed by atoms with E-state index < -0.39 is 13.4 Å². The minimum absolute atomic E-state index is 0.0417. The predicted molar refractivity (Wildman–Crippen MR) is 81.2 cm³/mol. The van der Waals surface area contributed by atoms with Crippen LogP contribution in [0.3, 0.4) is 0 Å². The van der Waals surface area contributed by atoms with Gasteiger partial charge in [0.25, 0.3) is 0 Å². The molecule has 0 radical (unpaired) electrons. The molecule has 1 rings (SSSR count). The fourth-order valence-corrected chi connectivity index (χ4v) is 1.89. The zero-order chi connectivity index (χ0) is 17.1. The van der Waals surface area contributed by atoms with Gasteiger partial charge in [-0.15, -0.1) is 11.5 Å². The first kappa shape index (κ1) is 19.1. The number of nitrogens with two attached hydrogens (primary N) is 1. The summed E-state index contributed by atoms with van der Waals surface area (Å²) in [4.78, 5) is 11.6. The second kappa shape index (κ2) is 10.7. The van der Waals surface area contributed by atoms with Crippen molar-refractivity contribution in [3.63, 3.8) is 0 Å². The molecular formula is C12H21BN6O4. The average molecular weight is 324 g/mol. The summed E-state index contributed by atoms with van der Waals surface area (Å²) in [6, 6.07) is -0.394. The number of hydrogen-bond donors (Lipinski definition) is 4. The maximum Gasteiger partial charge on any atom is 0.633 e. The lowest BCUT2D eigenvalue weighted by Crippen LogP contribution is -2.30. The van der Waals surface area contributed by atoms with E-state index in [1.54, 1.807) is 0 Å². The van der Waals surface area contributed by atoms with E-state index in [0.29, 0.717) is 18.7 Å². The molecule has 0 aliphatic rings. The van der Waals surface area contributed by atoms with Crippen molar-refractivity contribution in [2.24, 2.45) is 5.73 Å². The molecule has 0 bridgehead atoms. The van der Waals surface area contributed by atoms with E-state index >= 15 is 0 Å². The summed E-state index contributed by atoms with van der Waals surface area (Å²) in [6.45, 7) is 0.368. The Bertz CT molecular complexity index is 518. The summed E-state index contributed by atoms with van der Waals surface area (Å²) in [7, 11) is -1.73. The Morgan fingerprint density at radius 2 is 2.26 bits per heavy atom. The monoisotopic (exact) mass is 324 g/mol. The van der Waals surface area contributed by atoms with E-state index in [9.17, 15) is 4.79 Å². The number of hydrogen-bond acceptors (Lipinski definition) is 8. The smallest absolute Gasteiger partial charge is 0.402 e. The van der Waals surface area contributed by atoms with Gasteiger partial charge in [-0.05, 0) is 23.3 Å². The second-order valence-corrected chi connectivity index (χ2v) is 4.83. The molecule has 1 aromatic rings. The highest BCUT2D eigenvalue weighted by Crippen LogP contribution is 2.14. The average Bonchev–Trinajstić information content (AvgIpc) is 2.96. The normalized spacial score (nSPS) is 11.7. The van der Waals surface area contributed by atoms with Gasteiger partial charge >= 0.3 is 7.32 Å². The van der Waals surface area contributed by atoms with Gasteiger partial charge in [0.1, 0.15) is 6.54 Å². The zero-order valence-corrected chi connectivity index (χ0v) is 12.8. The van der Waals surface area contributed by atoms with Gasteiger partial charge in [-0.1, -0.05) is 18.8 Å². The third-order valence-corrected chi connectivity index (χ3v) is 3.00. The Labute approximate surface area is 134 Å². The van der Waals surface area contributed by atoms with Crippen LogP contribution in [0.2, 0.25) is 0 Å². The van der Waals surface area contributed by atoms with Crippen molar-refractivity contribution in [3.05, 3.63) is 5.82 Å². The lowest BCUT2D eigenvalue weighted by atomic mass is 10.1. The van der Waals surface area contributed by atoms with Crippen LogP contribution in [0.4, 0.5) is 0 Å². The summed E-state index contributed by atoms with van der Waals surface area (Å²) in [5, 5.41) is 30.7. The van der Waals surface area contributed by atoms with Crippen LogP contribution in [0.5, 0.6) is 0 Å². The van der Waals surface area contributed by atoms with Crippen LogP contribution in [0.25, 0.3) is 0 Å². The SMILES string of the molecule is C#CCNC(=O)Cn1nnnc1C(N)CCCCCOB(O)O. The van der Waals surface area contributed by atoms with Gasteiger partial charge in [0, 0.05) is 6.61 Å². The molecule has 0 aliphatic heterocycles. The molecule has 23 heavy (non-hydrogen) atoms. The van der Waals surface area contributed by atoms with Crippen molar-refractivity contribution < 1.29 is 19.5 Å². The van der Waals surface area contributed by atoms with Crippen molar-refractivity contribution in [2.45, 2.75) is 38.3 Å². The van der Waals surface area contributed by atoms with Gasteiger partial charge in [-0.2, -0.15) is 0 Å². The molecule has 0 aliphatic carbocycles. The number of aromatic nitrogens is 4. The fraction of sp³-hybridized carbons (Fsp3) is 0.667. The van der Waals surface area contributed by atoms with E-state index in [1.807, 2.05) is 0 Å². The minimum Gasteiger partial charge on any atom is -0.402 e. The number of amides is 1. The highest BCUT2D eigenvalue weighted by Gasteiger charge is 2.16. The Balaban J connectivity index is 2.33. The molecule has 0 spiro atoms. The van der Waals surface area contributed by atoms with Crippen LogP contribution in [0.15, 0.2) is 0 Å². The maximum absolute atomic E-state index is 11.6. The summed E-state index contributed by atoms with van der Waals surface area (Å²) in [5.41, 5.74) is 6.04. The Kier molecular flexibility index (Phi) is 8.85. The quantitative estimate of drug-likeness (QED) is 0.207. The molecule has 126 valence electrons. The lowest BCUT2D eigenvalue weighted by Gasteiger charge is -2.11. The van der Waals surface area contributed by atoms with E-state index in [4.69, 9.17) is 22.2 Å². The van der Waals surface area contributed by atoms with Gasteiger partial charge in [0.2, 0.25) is 5.91 Å². The second-order valence-electron chi connectivity index (χ2n) is 4.83. The van der Waals surface area contributed by atoms with Crippen LogP contribution in [-0.2, 0) is 16.0 Å². The Morgan fingerprint density at radius 3 is 2.96 bits per heavy atom. The molecular weight excluding hydrogens is 303 g/mol. The molecule has 5 N–H and O–H groups in total. The third-order valence-electron chi connectivity index (χ3n) is 3.00. The number of nitrogens with zero attached hydrogens (tertiary/aromatic N) is 4. The first-order chi connectivity index (χ1) is 11.0. The molecule has 1 aromatic heterocycles. The van der Waals surface area contributed by atoms with E-state index in [-0.39, 0.29) is 25.6 Å². The number of carbonyl (C=O) groups excluding carboxylic acids is 1. The largest absolute Gasteiger partial charge is 0.633 e. The van der Waals surface area contributed by atoms with Crippen molar-refractivity contribution in [2.75, 3.05) is 13.2 Å². The Hall–Kier alpha value is -2.00. The Morgan fingerprint density at radius 1 is 1.48 bits per heavy atom. The number of carbonyl (C=O) groups is 1. The summed E-state index contributed by atoms with van der Waals surface area (Å²) in [5.74, 6) is 2.45. The molecule has 10 nitrogen and oxygen atoms in total. The molecule has 1 amide bonds. The van der Waals surface area contributed by atoms with Crippen molar-refractivity contribution in [1.82, 2.24) is 25.5 Å². The number of unbranched alkanes of at least 4 members (excludes halogenated alkanes) is 2. The van der Waals surface area contributed by atoms with Crippen LogP contribution < -0.4 is 11.1 Å². The molecule has 11 heteroatoms. The van der Waals surface area contributed by atoms with Crippen LogP contribution in [0, 0.1) is 12.3 Å². The molecule has 0 saturated heterocycles. The standard InChI is InChI=1S/C12H21BN6O4/c1-2-7-15-11(20)9-19-12(16-17-18-19)10(14)6-4-3-5-8-23-13(21)22/h1,10,21-22H,3-9,14H2,(H,15,20). The third kappa shape index (κ3) is 7.71. The van der Waals surface area contributed by atoms with Crippen molar-refractivity contribution >= 4 is 13.2 Å². The highest BCUT2D eigenvalue weighted by atomic mass is 16.6. The molecule has 1 atom stereocenters. The van der Waals surface area contributed by atoms with Gasteiger partial charge in [0.05, 0.1) is 12.6 Å². The first-order valence-corrected chi connectivity index (χ1v) is 7.24. The topological polar surface area (TPSA) is 148 Å². The summed E-state index contributed by atoms with van der Waals surface area (Å²) in [6.07, 6.45) is 7.99. The maximum atomic E-state index is 11.6. The van der Waals surface area contributed by atoms with Crippen molar-refractivity contribution in [3.8, 4) is 12.3 Å². The zero-order valence-electron chi connectivity index (χ0n) is 12.8. The number of rotatable bonds is 11. The van der Waals surface area contributed by atoms with Crippen LogP contribution in [-0.4, -0.2) is 56.6 Å². The highest BCUT2D eigenvalue weighted by molar-refractivity contribution is 6.32. The number of nitrogens with one attached hydrogen (secondary N) is 1. The van der Waals surface area contributed by atoms with Gasteiger partial charge in [-0.25, -0.2) is 4.68 Å². The summed E-state index contributed by atoms with van der Waals surface area (Å²) < 4.78 is 5.95. The first-order valence-electron chi connectivity index (χ1n) is 7.24. The van der Waals surface area contributed by atoms with E-state index in [2.05, 4.69) is 31.4 Å². The minimum atomic E-state index is -1.73. The van der Waals surface area contributed by atoms with Crippen molar-refractivity contribution in [1.29, 1.82) is 0 Å². The van der Waals surface area contributed by atoms with Crippen LogP contribution >= 0.6 is 0 Å². The molecule has 0 fully saturated rings. The van der Waals surface area contributed by atoms with Gasteiger partial charge < -0.3 is 25.8 Å². The molecule has 1 unspecified atom stereocenters. The van der Waals surface area contributed by atoms with E-state index in [1.165, 1.54) is 4.68 Å². The predicted octanol–water partition coefficient (Wildman–Crippen LogP) is -2.03. The molecule has 0 aromatic carbocycles. The van der Waals surface area contributed by atoms with Crippen LogP contribution in [0.1, 0.15) is 37.5 Å². The molecule has 1 heterocycles. The fourth-order valence-electron chi connectivity index (χ4n) is 1.89. The number of tetrazole rings is 1. The van der Waals surface area contributed by atoms with Gasteiger partial charge in [-0.3, -0.25) is 4.79 Å².